The summed E-state index contributed by atoms with van der Waals surface area (Å²) >= 11 is 0. The van der Waals surface area contributed by atoms with Crippen LogP contribution in [0.4, 0.5) is 0 Å². The van der Waals surface area contributed by atoms with E-state index in [-0.39, 0.29) is 11.7 Å². The zero-order valence-corrected chi connectivity index (χ0v) is 11.1. The third-order valence-corrected chi connectivity index (χ3v) is 5.38. The van der Waals surface area contributed by atoms with Crippen molar-refractivity contribution < 1.29 is 13.2 Å². The number of sulfonamides is 1. The van der Waals surface area contributed by atoms with Crippen LogP contribution in [0.1, 0.15) is 32.6 Å². The predicted octanol–water partition coefficient (Wildman–Crippen LogP) is 0.423. The molecule has 1 heterocycles. The zero-order chi connectivity index (χ0) is 12.5. The molecule has 98 valence electrons. The van der Waals surface area contributed by atoms with E-state index in [1.54, 1.807) is 0 Å². The van der Waals surface area contributed by atoms with Crippen LogP contribution in [0.25, 0.3) is 0 Å². The molecule has 0 aromatic carbocycles. The molecule has 0 spiro atoms. The maximum atomic E-state index is 11.9. The van der Waals surface area contributed by atoms with Gasteiger partial charge in [0.05, 0.1) is 5.75 Å². The van der Waals surface area contributed by atoms with Gasteiger partial charge in [-0.15, -0.1) is 0 Å². The minimum Gasteiger partial charge on any atom is -0.340 e. The van der Waals surface area contributed by atoms with E-state index in [0.717, 1.165) is 19.4 Å². The summed E-state index contributed by atoms with van der Waals surface area (Å²) in [5.74, 6) is 0.332. The van der Waals surface area contributed by atoms with Crippen molar-refractivity contribution in [2.45, 2.75) is 38.6 Å². The third kappa shape index (κ3) is 2.98. The minimum absolute atomic E-state index is 0.0945. The second-order valence-corrected chi connectivity index (χ2v) is 6.82. The summed E-state index contributed by atoms with van der Waals surface area (Å²) in [6.07, 6.45) is 3.21. The molecule has 2 fully saturated rings. The van der Waals surface area contributed by atoms with Crippen molar-refractivity contribution >= 4 is 15.9 Å². The van der Waals surface area contributed by atoms with Gasteiger partial charge in [-0.2, -0.15) is 0 Å². The molecule has 0 N–H and O–H groups in total. The van der Waals surface area contributed by atoms with E-state index in [9.17, 15) is 13.2 Å². The molecule has 1 amide bonds. The average molecular weight is 260 g/mol. The topological polar surface area (TPSA) is 57.7 Å². The van der Waals surface area contributed by atoms with Crippen LogP contribution in [0.15, 0.2) is 0 Å². The Bertz CT molecular complexity index is 390. The van der Waals surface area contributed by atoms with Gasteiger partial charge in [-0.25, -0.2) is 12.7 Å². The second-order valence-electron chi connectivity index (χ2n) is 4.73. The summed E-state index contributed by atoms with van der Waals surface area (Å²) in [5, 5.41) is 0. The number of hydrogen-bond donors (Lipinski definition) is 0. The molecule has 6 heteroatoms. The summed E-state index contributed by atoms with van der Waals surface area (Å²) in [7, 11) is -3.06. The summed E-state index contributed by atoms with van der Waals surface area (Å²) in [6.45, 7) is 3.63. The molecule has 0 aromatic heterocycles. The van der Waals surface area contributed by atoms with Crippen LogP contribution in [0.2, 0.25) is 0 Å². The van der Waals surface area contributed by atoms with Crippen LogP contribution >= 0.6 is 0 Å². The summed E-state index contributed by atoms with van der Waals surface area (Å²) in [6, 6.07) is 0.419. The predicted molar refractivity (Wildman–Crippen MR) is 65.0 cm³/mol. The lowest BCUT2D eigenvalue weighted by atomic mass is 10.3. The largest absolute Gasteiger partial charge is 0.340 e. The highest BCUT2D eigenvalue weighted by Gasteiger charge is 2.33. The Labute approximate surface area is 103 Å². The van der Waals surface area contributed by atoms with E-state index in [1.165, 1.54) is 4.31 Å². The third-order valence-electron chi connectivity index (χ3n) is 3.43. The van der Waals surface area contributed by atoms with E-state index in [1.807, 2.05) is 11.8 Å². The van der Waals surface area contributed by atoms with Gasteiger partial charge in [0.2, 0.25) is 15.9 Å². The molecule has 0 atom stereocenters. The maximum absolute atomic E-state index is 11.9. The van der Waals surface area contributed by atoms with E-state index in [0.29, 0.717) is 32.0 Å². The Morgan fingerprint density at radius 3 is 2.59 bits per heavy atom. The van der Waals surface area contributed by atoms with Gasteiger partial charge in [0.1, 0.15) is 0 Å². The highest BCUT2D eigenvalue weighted by atomic mass is 32.2. The molecule has 0 radical (unpaired) electrons. The fraction of sp³-hybridized carbons (Fsp3) is 0.909. The normalized spacial score (nSPS) is 23.8. The lowest BCUT2D eigenvalue weighted by Gasteiger charge is -2.21. The number of hydrogen-bond acceptors (Lipinski definition) is 3. The molecular weight excluding hydrogens is 240 g/mol. The quantitative estimate of drug-likeness (QED) is 0.720. The first-order valence-corrected chi connectivity index (χ1v) is 7.93. The van der Waals surface area contributed by atoms with Crippen molar-refractivity contribution in [3.8, 4) is 0 Å². The van der Waals surface area contributed by atoms with Crippen LogP contribution in [-0.4, -0.2) is 55.0 Å². The lowest BCUT2D eigenvalue weighted by molar-refractivity contribution is -0.131. The molecule has 0 aromatic rings. The van der Waals surface area contributed by atoms with Crippen molar-refractivity contribution in [3.63, 3.8) is 0 Å². The SMILES string of the molecule is CCN(C(=O)CCN1CCCS1(=O)=O)C1CC1. The first-order valence-electron chi connectivity index (χ1n) is 6.32. The molecule has 1 saturated heterocycles. The first-order chi connectivity index (χ1) is 8.04. The highest BCUT2D eigenvalue weighted by Crippen LogP contribution is 2.27. The summed E-state index contributed by atoms with van der Waals surface area (Å²) in [5.41, 5.74) is 0. The molecule has 2 rings (SSSR count). The average Bonchev–Trinajstić information content (AvgIpc) is 3.02. The van der Waals surface area contributed by atoms with Crippen molar-refractivity contribution in [1.82, 2.24) is 9.21 Å². The van der Waals surface area contributed by atoms with Gasteiger partial charge in [-0.3, -0.25) is 4.79 Å². The van der Waals surface area contributed by atoms with Crippen molar-refractivity contribution in [3.05, 3.63) is 0 Å². The molecule has 0 bridgehead atoms. The van der Waals surface area contributed by atoms with Gasteiger partial charge in [0.15, 0.2) is 0 Å². The highest BCUT2D eigenvalue weighted by molar-refractivity contribution is 7.89. The monoisotopic (exact) mass is 260 g/mol. The minimum atomic E-state index is -3.06. The summed E-state index contributed by atoms with van der Waals surface area (Å²) in [4.78, 5) is 13.8. The van der Waals surface area contributed by atoms with Gasteiger partial charge in [-0.05, 0) is 26.2 Å². The van der Waals surface area contributed by atoms with E-state index < -0.39 is 10.0 Å². The van der Waals surface area contributed by atoms with Crippen LogP contribution in [0.3, 0.4) is 0 Å². The van der Waals surface area contributed by atoms with Crippen molar-refractivity contribution in [1.29, 1.82) is 0 Å². The lowest BCUT2D eigenvalue weighted by Crippen LogP contribution is -2.36. The smallest absolute Gasteiger partial charge is 0.224 e. The van der Waals surface area contributed by atoms with Crippen molar-refractivity contribution in [2.24, 2.45) is 0 Å². The van der Waals surface area contributed by atoms with Gasteiger partial charge in [0, 0.05) is 32.1 Å². The van der Waals surface area contributed by atoms with Crippen LogP contribution < -0.4 is 0 Å². The van der Waals surface area contributed by atoms with Crippen LogP contribution in [0, 0.1) is 0 Å². The molecule has 1 aliphatic heterocycles. The molecule has 1 saturated carbocycles. The summed E-state index contributed by atoms with van der Waals surface area (Å²) < 4.78 is 24.6. The zero-order valence-electron chi connectivity index (χ0n) is 10.3. The van der Waals surface area contributed by atoms with Crippen molar-refractivity contribution in [2.75, 3.05) is 25.4 Å². The molecule has 2 aliphatic rings. The van der Waals surface area contributed by atoms with Gasteiger partial charge in [0.25, 0.3) is 0 Å². The van der Waals surface area contributed by atoms with Crippen LogP contribution in [-0.2, 0) is 14.8 Å². The number of carbonyl (C=O) groups excluding carboxylic acids is 1. The Kier molecular flexibility index (Phi) is 3.73. The molecule has 17 heavy (non-hydrogen) atoms. The van der Waals surface area contributed by atoms with E-state index in [2.05, 4.69) is 0 Å². The number of rotatable bonds is 5. The Balaban J connectivity index is 1.83. The van der Waals surface area contributed by atoms with E-state index in [4.69, 9.17) is 0 Å². The van der Waals surface area contributed by atoms with Crippen LogP contribution in [0.5, 0.6) is 0 Å². The second kappa shape index (κ2) is 4.94. The fourth-order valence-corrected chi connectivity index (χ4v) is 3.86. The molecule has 5 nitrogen and oxygen atoms in total. The number of nitrogens with zero attached hydrogens (tertiary/aromatic N) is 2. The Hall–Kier alpha value is -0.620. The number of amides is 1. The maximum Gasteiger partial charge on any atom is 0.224 e. The Morgan fingerprint density at radius 1 is 1.41 bits per heavy atom. The molecule has 1 aliphatic carbocycles. The first kappa shape index (κ1) is 12.8. The van der Waals surface area contributed by atoms with Gasteiger partial charge in [-0.1, -0.05) is 0 Å². The number of carbonyl (C=O) groups is 1. The van der Waals surface area contributed by atoms with Gasteiger partial charge < -0.3 is 4.90 Å². The Morgan fingerprint density at radius 2 is 2.12 bits per heavy atom. The molecular formula is C11H20N2O3S. The van der Waals surface area contributed by atoms with E-state index >= 15 is 0 Å². The standard InChI is InChI=1S/C11H20N2O3S/c1-2-13(10-4-5-10)11(14)6-8-12-7-3-9-17(12,15)16/h10H,2-9H2,1H3. The van der Waals surface area contributed by atoms with Gasteiger partial charge >= 0.3 is 0 Å². The molecule has 0 unspecified atom stereocenters. The fourth-order valence-electron chi connectivity index (χ4n) is 2.33.